The van der Waals surface area contributed by atoms with Crippen LogP contribution in [-0.4, -0.2) is 34.4 Å². The van der Waals surface area contributed by atoms with Gasteiger partial charge >= 0.3 is 11.9 Å². The van der Waals surface area contributed by atoms with Gasteiger partial charge in [-0.2, -0.15) is 0 Å². The van der Waals surface area contributed by atoms with E-state index in [4.69, 9.17) is 26.4 Å². The lowest BCUT2D eigenvalue weighted by molar-refractivity contribution is 0.0691. The van der Waals surface area contributed by atoms with Crippen LogP contribution in [0.25, 0.3) is 20.9 Å². The van der Waals surface area contributed by atoms with Crippen molar-refractivity contribution in [3.05, 3.63) is 70.4 Å². The van der Waals surface area contributed by atoms with Crippen LogP contribution in [0.3, 0.4) is 0 Å². The SMILES string of the molecule is Br.COc1c(N)cccc1-c1ccc(C(=O)O)s1.Nc1cccc(-c2ccc(C(=O)O)s2)c1O. The predicted octanol–water partition coefficient (Wildman–Crippen LogP) is 5.68. The number of hydrogen-bond donors (Lipinski definition) is 5. The first-order valence-corrected chi connectivity index (χ1v) is 11.0. The molecule has 0 spiro atoms. The van der Waals surface area contributed by atoms with E-state index in [1.807, 2.05) is 12.1 Å². The average Bonchev–Trinajstić information content (AvgIpc) is 3.46. The summed E-state index contributed by atoms with van der Waals surface area (Å²) in [6.07, 6.45) is 0. The highest BCUT2D eigenvalue weighted by Crippen LogP contribution is 2.39. The van der Waals surface area contributed by atoms with Crippen molar-refractivity contribution in [1.29, 1.82) is 0 Å². The van der Waals surface area contributed by atoms with Crippen molar-refractivity contribution >= 4 is 63.0 Å². The number of anilines is 2. The topological polar surface area (TPSA) is 156 Å². The van der Waals surface area contributed by atoms with Crippen molar-refractivity contribution in [3.8, 4) is 32.4 Å². The Morgan fingerprint density at radius 3 is 1.71 bits per heavy atom. The molecule has 8 nitrogen and oxygen atoms in total. The minimum atomic E-state index is -0.973. The van der Waals surface area contributed by atoms with Gasteiger partial charge in [-0.1, -0.05) is 12.1 Å². The molecule has 0 radical (unpaired) electrons. The maximum absolute atomic E-state index is 10.8. The number of para-hydroxylation sites is 2. The normalized spacial score (nSPS) is 9.91. The maximum Gasteiger partial charge on any atom is 0.345 e. The van der Waals surface area contributed by atoms with Crippen LogP contribution in [0.2, 0.25) is 0 Å². The van der Waals surface area contributed by atoms with Crippen molar-refractivity contribution in [2.24, 2.45) is 0 Å². The number of carboxylic acids is 2. The van der Waals surface area contributed by atoms with Crippen molar-refractivity contribution in [3.63, 3.8) is 0 Å². The quantitative estimate of drug-likeness (QED) is 0.153. The Hall–Kier alpha value is -3.54. The molecule has 0 fully saturated rings. The minimum Gasteiger partial charge on any atom is -0.505 e. The molecule has 2 aromatic heterocycles. The summed E-state index contributed by atoms with van der Waals surface area (Å²) in [5, 5.41) is 27.4. The van der Waals surface area contributed by atoms with E-state index in [0.29, 0.717) is 26.8 Å². The first kappa shape index (κ1) is 26.7. The fraction of sp³-hybridized carbons (Fsp3) is 0.0435. The fourth-order valence-electron chi connectivity index (χ4n) is 2.93. The number of carbonyl (C=O) groups is 2. The number of hydrogen-bond acceptors (Lipinski definition) is 8. The molecule has 0 aliphatic rings. The number of aromatic carboxylic acids is 2. The maximum atomic E-state index is 10.8. The van der Waals surface area contributed by atoms with Gasteiger partial charge in [0.05, 0.1) is 18.5 Å². The number of methoxy groups -OCH3 is 1. The summed E-state index contributed by atoms with van der Waals surface area (Å²) < 4.78 is 5.23. The van der Waals surface area contributed by atoms with Crippen LogP contribution in [0.4, 0.5) is 11.4 Å². The number of halogens is 1. The van der Waals surface area contributed by atoms with E-state index in [1.165, 1.54) is 17.4 Å². The molecule has 11 heteroatoms. The number of nitrogen functional groups attached to an aromatic ring is 2. The van der Waals surface area contributed by atoms with E-state index in [0.717, 1.165) is 21.8 Å². The molecule has 4 rings (SSSR count). The minimum absolute atomic E-state index is 0. The van der Waals surface area contributed by atoms with Crippen LogP contribution in [0.5, 0.6) is 11.5 Å². The molecular formula is C23H21BrN2O6S2. The van der Waals surface area contributed by atoms with Gasteiger partial charge in [0.2, 0.25) is 0 Å². The molecule has 2 aromatic carbocycles. The van der Waals surface area contributed by atoms with Gasteiger partial charge in [0.25, 0.3) is 0 Å². The number of phenols is 1. The van der Waals surface area contributed by atoms with Gasteiger partial charge in [0.15, 0.2) is 0 Å². The highest BCUT2D eigenvalue weighted by atomic mass is 79.9. The van der Waals surface area contributed by atoms with Gasteiger partial charge in [0.1, 0.15) is 21.3 Å². The lowest BCUT2D eigenvalue weighted by Crippen LogP contribution is -1.93. The summed E-state index contributed by atoms with van der Waals surface area (Å²) >= 11 is 2.30. The number of thiophene rings is 2. The largest absolute Gasteiger partial charge is 0.505 e. The second kappa shape index (κ2) is 11.5. The van der Waals surface area contributed by atoms with Crippen molar-refractivity contribution in [1.82, 2.24) is 0 Å². The summed E-state index contributed by atoms with van der Waals surface area (Å²) in [6, 6.07) is 16.9. The van der Waals surface area contributed by atoms with Crippen LogP contribution < -0.4 is 16.2 Å². The zero-order valence-electron chi connectivity index (χ0n) is 17.7. The second-order valence-electron chi connectivity index (χ2n) is 6.61. The lowest BCUT2D eigenvalue weighted by atomic mass is 10.1. The number of carboxylic acid groups (broad SMARTS) is 2. The summed E-state index contributed by atoms with van der Waals surface area (Å²) in [5.41, 5.74) is 13.5. The third kappa shape index (κ3) is 5.87. The number of rotatable bonds is 5. The number of aromatic hydroxyl groups is 1. The Morgan fingerprint density at radius 2 is 1.24 bits per heavy atom. The van der Waals surface area contributed by atoms with Crippen LogP contribution in [0, 0.1) is 0 Å². The van der Waals surface area contributed by atoms with E-state index < -0.39 is 11.9 Å². The van der Waals surface area contributed by atoms with Crippen molar-refractivity contribution in [2.45, 2.75) is 0 Å². The predicted molar refractivity (Wildman–Crippen MR) is 141 cm³/mol. The van der Waals surface area contributed by atoms with E-state index in [2.05, 4.69) is 0 Å². The Bertz CT molecular complexity index is 1320. The first-order valence-electron chi connectivity index (χ1n) is 9.39. The van der Waals surface area contributed by atoms with Crippen LogP contribution >= 0.6 is 39.7 Å². The smallest absolute Gasteiger partial charge is 0.345 e. The molecule has 2 heterocycles. The van der Waals surface area contributed by atoms with Gasteiger partial charge in [-0.15, -0.1) is 39.7 Å². The first-order chi connectivity index (χ1) is 15.7. The molecule has 4 aromatic rings. The molecule has 0 aliphatic heterocycles. The highest BCUT2D eigenvalue weighted by molar-refractivity contribution is 8.93. The summed E-state index contributed by atoms with van der Waals surface area (Å²) in [5.74, 6) is -1.34. The highest BCUT2D eigenvalue weighted by Gasteiger charge is 2.14. The Labute approximate surface area is 213 Å². The summed E-state index contributed by atoms with van der Waals surface area (Å²) in [4.78, 5) is 23.6. The van der Waals surface area contributed by atoms with Crippen LogP contribution in [-0.2, 0) is 0 Å². The standard InChI is InChI=1S/C12H11NO3S.C11H9NO3S.BrH/c1-16-11-7(3-2-4-8(11)13)9-5-6-10(17-9)12(14)15;12-7-3-1-2-6(10(7)13)8-4-5-9(16-8)11(14)15;/h2-6H,13H2,1H3,(H,14,15);1-5,13H,12H2,(H,14,15);1H. The molecule has 34 heavy (non-hydrogen) atoms. The Balaban J connectivity index is 0.000000234. The molecule has 0 saturated heterocycles. The summed E-state index contributed by atoms with van der Waals surface area (Å²) in [6.45, 7) is 0. The van der Waals surface area contributed by atoms with E-state index >= 15 is 0 Å². The number of phenolic OH excluding ortho intramolecular Hbond substituents is 1. The lowest BCUT2D eigenvalue weighted by Gasteiger charge is -2.08. The molecule has 0 amide bonds. The molecule has 178 valence electrons. The number of nitrogens with two attached hydrogens (primary N) is 2. The van der Waals surface area contributed by atoms with Crippen molar-refractivity contribution < 1.29 is 29.6 Å². The Kier molecular flexibility index (Phi) is 9.07. The van der Waals surface area contributed by atoms with Gasteiger partial charge in [-0.3, -0.25) is 0 Å². The Morgan fingerprint density at radius 1 is 0.765 bits per heavy atom. The van der Waals surface area contributed by atoms with E-state index in [1.54, 1.807) is 49.6 Å². The van der Waals surface area contributed by atoms with Crippen molar-refractivity contribution in [2.75, 3.05) is 18.6 Å². The third-order valence-corrected chi connectivity index (χ3v) is 6.69. The second-order valence-corrected chi connectivity index (χ2v) is 8.78. The molecule has 0 aliphatic carbocycles. The third-order valence-electron chi connectivity index (χ3n) is 4.48. The van der Waals surface area contributed by atoms with Gasteiger partial charge < -0.3 is 31.5 Å². The number of benzene rings is 2. The zero-order valence-corrected chi connectivity index (χ0v) is 21.1. The molecular weight excluding hydrogens is 544 g/mol. The molecule has 7 N–H and O–H groups in total. The molecule has 0 unspecified atom stereocenters. The molecule has 0 bridgehead atoms. The summed E-state index contributed by atoms with van der Waals surface area (Å²) in [7, 11) is 1.54. The van der Waals surface area contributed by atoms with Crippen LogP contribution in [0.15, 0.2) is 60.7 Å². The number of ether oxygens (including phenoxy) is 1. The monoisotopic (exact) mass is 564 g/mol. The van der Waals surface area contributed by atoms with Gasteiger partial charge in [-0.05, 0) is 48.5 Å². The zero-order chi connectivity index (χ0) is 24.1. The average molecular weight is 565 g/mol. The van der Waals surface area contributed by atoms with Crippen LogP contribution in [0.1, 0.15) is 19.3 Å². The van der Waals surface area contributed by atoms with E-state index in [-0.39, 0.29) is 33.3 Å². The fourth-order valence-corrected chi connectivity index (χ4v) is 4.67. The molecule has 0 saturated carbocycles. The molecule has 0 atom stereocenters. The van der Waals surface area contributed by atoms with Gasteiger partial charge in [0, 0.05) is 20.9 Å². The van der Waals surface area contributed by atoms with E-state index in [9.17, 15) is 14.7 Å². The van der Waals surface area contributed by atoms with Gasteiger partial charge in [-0.25, -0.2) is 9.59 Å².